The van der Waals surface area contributed by atoms with Crippen LogP contribution >= 0.6 is 11.6 Å². The second-order valence-corrected chi connectivity index (χ2v) is 11.8. The lowest BCUT2D eigenvalue weighted by molar-refractivity contribution is 0.0690. The molecule has 0 radical (unpaired) electrons. The highest BCUT2D eigenvalue weighted by Crippen LogP contribution is 2.38. The molecule has 1 unspecified atom stereocenters. The first-order chi connectivity index (χ1) is 19.1. The van der Waals surface area contributed by atoms with Crippen molar-refractivity contribution in [2.45, 2.75) is 57.8 Å². The third kappa shape index (κ3) is 6.21. The van der Waals surface area contributed by atoms with Crippen molar-refractivity contribution >= 4 is 23.6 Å². The fourth-order valence-electron chi connectivity index (χ4n) is 5.43. The number of rotatable bonds is 7. The van der Waals surface area contributed by atoms with E-state index in [0.717, 1.165) is 43.6 Å². The Hall–Kier alpha value is -3.69. The molecule has 2 fully saturated rings. The summed E-state index contributed by atoms with van der Waals surface area (Å²) in [7, 11) is 0. The van der Waals surface area contributed by atoms with E-state index in [2.05, 4.69) is 46.6 Å². The second kappa shape index (κ2) is 11.4. The lowest BCUT2D eigenvalue weighted by Gasteiger charge is -2.39. The molecule has 2 amide bonds. The van der Waals surface area contributed by atoms with Crippen LogP contribution < -0.4 is 4.74 Å². The molecule has 2 aliphatic heterocycles. The minimum absolute atomic E-state index is 0.0192. The Bertz CT molecular complexity index is 1350. The quantitative estimate of drug-likeness (QED) is 0.384. The van der Waals surface area contributed by atoms with Gasteiger partial charge in [-0.15, -0.1) is 0 Å². The zero-order valence-electron chi connectivity index (χ0n) is 23.0. The van der Waals surface area contributed by atoms with Crippen molar-refractivity contribution < 1.29 is 19.4 Å². The van der Waals surface area contributed by atoms with Crippen molar-refractivity contribution in [2.75, 3.05) is 19.6 Å². The van der Waals surface area contributed by atoms with E-state index in [-0.39, 0.29) is 29.3 Å². The van der Waals surface area contributed by atoms with E-state index >= 15 is 0 Å². The first kappa shape index (κ1) is 27.9. The Morgan fingerprint density at radius 3 is 2.45 bits per heavy atom. The van der Waals surface area contributed by atoms with Crippen molar-refractivity contribution in [2.24, 2.45) is 0 Å². The highest BCUT2D eigenvalue weighted by Gasteiger charge is 2.46. The number of ether oxygens (including phenoxy) is 1. The minimum Gasteiger partial charge on any atom is -0.477 e. The van der Waals surface area contributed by atoms with Crippen molar-refractivity contribution in [3.05, 3.63) is 82.8 Å². The number of carbonyl (C=O) groups is 2. The van der Waals surface area contributed by atoms with Crippen LogP contribution in [0.3, 0.4) is 0 Å². The zero-order valence-corrected chi connectivity index (χ0v) is 23.7. The van der Waals surface area contributed by atoms with Crippen LogP contribution in [0, 0.1) is 0 Å². The molecule has 1 aromatic carbocycles. The van der Waals surface area contributed by atoms with Gasteiger partial charge in [0.1, 0.15) is 11.4 Å². The molecule has 3 aromatic rings. The summed E-state index contributed by atoms with van der Waals surface area (Å²) in [5, 5.41) is 9.66. The number of nitrogens with zero attached hydrogens (tertiary/aromatic N) is 5. The Morgan fingerprint density at radius 2 is 1.85 bits per heavy atom. The number of piperidine rings is 1. The van der Waals surface area contributed by atoms with Gasteiger partial charge in [-0.3, -0.25) is 4.90 Å². The van der Waals surface area contributed by atoms with Crippen LogP contribution in [0.1, 0.15) is 61.3 Å². The first-order valence-corrected chi connectivity index (χ1v) is 13.9. The number of likely N-dealkylation sites (tertiary alicyclic amines) is 1. The number of amides is 2. The van der Waals surface area contributed by atoms with Gasteiger partial charge in [-0.2, -0.15) is 0 Å². The largest absolute Gasteiger partial charge is 0.477 e. The molecule has 210 valence electrons. The number of aromatic carboxylic acids is 1. The van der Waals surface area contributed by atoms with E-state index in [1.807, 2.05) is 29.2 Å². The summed E-state index contributed by atoms with van der Waals surface area (Å²) in [6.45, 7) is 9.43. The maximum atomic E-state index is 13.7. The minimum atomic E-state index is -1.09. The highest BCUT2D eigenvalue weighted by atomic mass is 35.5. The van der Waals surface area contributed by atoms with Crippen molar-refractivity contribution in [3.63, 3.8) is 0 Å². The number of hydrogen-bond donors (Lipinski definition) is 1. The van der Waals surface area contributed by atoms with Gasteiger partial charge in [0.05, 0.1) is 12.2 Å². The fraction of sp³-hybridized carbons (Fsp3) is 0.400. The summed E-state index contributed by atoms with van der Waals surface area (Å²) in [5.74, 6) is -0.252. The van der Waals surface area contributed by atoms with E-state index in [1.165, 1.54) is 12.3 Å². The third-order valence-electron chi connectivity index (χ3n) is 7.52. The molecule has 2 aliphatic rings. The number of pyridine rings is 2. The summed E-state index contributed by atoms with van der Waals surface area (Å²) < 4.78 is 5.70. The molecule has 2 saturated heterocycles. The smallest absolute Gasteiger partial charge is 0.354 e. The lowest BCUT2D eigenvalue weighted by Crippen LogP contribution is -2.49. The molecule has 4 heterocycles. The summed E-state index contributed by atoms with van der Waals surface area (Å²) in [4.78, 5) is 39.3. The molecular formula is C30H34ClN5O4. The van der Waals surface area contributed by atoms with E-state index in [9.17, 15) is 9.59 Å². The molecule has 9 nitrogen and oxygen atoms in total. The number of halogens is 1. The number of carboxylic acid groups (broad SMARTS) is 1. The number of urea groups is 1. The van der Waals surface area contributed by atoms with E-state index in [4.69, 9.17) is 21.4 Å². The van der Waals surface area contributed by atoms with Crippen LogP contribution in [0.5, 0.6) is 11.6 Å². The second-order valence-electron chi connectivity index (χ2n) is 11.3. The Balaban J connectivity index is 1.20. The van der Waals surface area contributed by atoms with Crippen LogP contribution in [-0.4, -0.2) is 73.0 Å². The van der Waals surface area contributed by atoms with Gasteiger partial charge in [0.25, 0.3) is 0 Å². The molecule has 1 atom stereocenters. The molecule has 10 heteroatoms. The van der Waals surface area contributed by atoms with Gasteiger partial charge in [0.15, 0.2) is 0 Å². The normalized spacial score (nSPS) is 18.8. The molecule has 40 heavy (non-hydrogen) atoms. The van der Waals surface area contributed by atoms with Crippen LogP contribution in [0.15, 0.2) is 60.9 Å². The molecule has 0 bridgehead atoms. The number of carboxylic acids is 1. The zero-order chi connectivity index (χ0) is 28.4. The molecule has 5 rings (SSSR count). The van der Waals surface area contributed by atoms with E-state index < -0.39 is 5.97 Å². The molecule has 2 aromatic heterocycles. The monoisotopic (exact) mass is 563 g/mol. The van der Waals surface area contributed by atoms with Gasteiger partial charge in [0, 0.05) is 55.0 Å². The van der Waals surface area contributed by atoms with Gasteiger partial charge in [-0.05, 0) is 69.0 Å². The lowest BCUT2D eigenvalue weighted by atomic mass is 9.98. The van der Waals surface area contributed by atoms with Crippen LogP contribution in [-0.2, 0) is 6.54 Å². The number of aromatic nitrogens is 2. The number of hydrogen-bond acceptors (Lipinski definition) is 6. The van der Waals surface area contributed by atoms with Crippen LogP contribution in [0.4, 0.5) is 4.79 Å². The van der Waals surface area contributed by atoms with E-state index in [0.29, 0.717) is 23.2 Å². The average Bonchev–Trinajstić information content (AvgIpc) is 3.28. The van der Waals surface area contributed by atoms with Gasteiger partial charge < -0.3 is 19.6 Å². The maximum Gasteiger partial charge on any atom is 0.354 e. The first-order valence-electron chi connectivity index (χ1n) is 13.5. The van der Waals surface area contributed by atoms with Crippen LogP contribution in [0.2, 0.25) is 5.02 Å². The van der Waals surface area contributed by atoms with Gasteiger partial charge >= 0.3 is 12.0 Å². The van der Waals surface area contributed by atoms with Gasteiger partial charge in [-0.1, -0.05) is 29.8 Å². The van der Waals surface area contributed by atoms with Crippen molar-refractivity contribution in [3.8, 4) is 11.6 Å². The van der Waals surface area contributed by atoms with Crippen molar-refractivity contribution in [1.82, 2.24) is 24.7 Å². The fourth-order valence-corrected chi connectivity index (χ4v) is 5.63. The summed E-state index contributed by atoms with van der Waals surface area (Å²) >= 11 is 6.32. The van der Waals surface area contributed by atoms with Crippen LogP contribution in [0.25, 0.3) is 0 Å². The SMILES string of the molecule is CC(C)(C)N1CC(c2cccc(Cl)c2)N(C2CCN(Cc3ccc(Oc4ccc(C(=O)O)nc4)nc3)CC2)C1=O. The molecule has 0 aliphatic carbocycles. The Morgan fingerprint density at radius 1 is 1.07 bits per heavy atom. The number of benzene rings is 1. The Kier molecular flexibility index (Phi) is 7.96. The molecule has 1 N–H and O–H groups in total. The third-order valence-corrected chi connectivity index (χ3v) is 7.75. The standard InChI is InChI=1S/C30H34ClN5O4/c1-30(2,3)35-19-26(21-5-4-6-22(31)15-21)36(29(35)39)23-11-13-34(14-12-23)18-20-7-10-27(33-16-20)40-24-8-9-25(28(37)38)32-17-24/h4-10,15-17,23,26H,11-14,18-19H2,1-3H3,(H,37,38). The van der Waals surface area contributed by atoms with Gasteiger partial charge in [-0.25, -0.2) is 19.6 Å². The predicted molar refractivity (Wildman–Crippen MR) is 152 cm³/mol. The molecular weight excluding hydrogens is 530 g/mol. The number of carbonyl (C=O) groups excluding carboxylic acids is 1. The summed E-state index contributed by atoms with van der Waals surface area (Å²) in [6.07, 6.45) is 4.95. The van der Waals surface area contributed by atoms with E-state index in [1.54, 1.807) is 18.3 Å². The topological polar surface area (TPSA) is 99.1 Å². The Labute approximate surface area is 239 Å². The van der Waals surface area contributed by atoms with Gasteiger partial charge in [0.2, 0.25) is 5.88 Å². The van der Waals surface area contributed by atoms with Crippen molar-refractivity contribution in [1.29, 1.82) is 0 Å². The maximum absolute atomic E-state index is 13.7. The predicted octanol–water partition coefficient (Wildman–Crippen LogP) is 5.86. The summed E-state index contributed by atoms with van der Waals surface area (Å²) in [5.41, 5.74) is 1.85. The molecule has 0 spiro atoms. The highest BCUT2D eigenvalue weighted by molar-refractivity contribution is 6.30. The average molecular weight is 564 g/mol. The molecule has 0 saturated carbocycles. The summed E-state index contributed by atoms with van der Waals surface area (Å²) in [6, 6.07) is 14.8.